The number of amides is 2. The summed E-state index contributed by atoms with van der Waals surface area (Å²) in [5.41, 5.74) is 0.707. The van der Waals surface area contributed by atoms with Crippen molar-refractivity contribution >= 4 is 23.6 Å². The van der Waals surface area contributed by atoms with E-state index in [1.165, 1.54) is 0 Å². The number of rotatable bonds is 8. The molecule has 1 aliphatic rings. The average molecular weight is 459 g/mol. The highest BCUT2D eigenvalue weighted by Gasteiger charge is 2.37. The van der Waals surface area contributed by atoms with Crippen LogP contribution in [-0.4, -0.2) is 41.1 Å². The van der Waals surface area contributed by atoms with Crippen molar-refractivity contribution in [3.63, 3.8) is 0 Å². The van der Waals surface area contributed by atoms with Crippen molar-refractivity contribution in [2.24, 2.45) is 0 Å². The van der Waals surface area contributed by atoms with Crippen LogP contribution in [0.5, 0.6) is 0 Å². The summed E-state index contributed by atoms with van der Waals surface area (Å²) in [4.78, 5) is 27.2. The third kappa shape index (κ3) is 6.47. The molecule has 3 rings (SSSR count). The summed E-state index contributed by atoms with van der Waals surface area (Å²) in [6, 6.07) is 16.0. The van der Waals surface area contributed by atoms with Gasteiger partial charge in [0, 0.05) is 18.1 Å². The Morgan fingerprint density at radius 2 is 1.78 bits per heavy atom. The highest BCUT2D eigenvalue weighted by Crippen LogP contribution is 2.33. The van der Waals surface area contributed by atoms with Crippen molar-refractivity contribution in [3.8, 4) is 0 Å². The zero-order chi connectivity index (χ0) is 23.0. The van der Waals surface area contributed by atoms with Crippen LogP contribution in [0.3, 0.4) is 0 Å². The Morgan fingerprint density at radius 3 is 2.41 bits per heavy atom. The van der Waals surface area contributed by atoms with E-state index in [0.29, 0.717) is 37.4 Å². The fraction of sp³-hybridized carbons (Fsp3) is 0.440. The summed E-state index contributed by atoms with van der Waals surface area (Å²) in [5, 5.41) is 14.4. The van der Waals surface area contributed by atoms with Crippen LogP contribution in [0.25, 0.3) is 0 Å². The van der Waals surface area contributed by atoms with Crippen LogP contribution >= 0.6 is 11.6 Å². The van der Waals surface area contributed by atoms with E-state index in [2.05, 4.69) is 5.32 Å². The van der Waals surface area contributed by atoms with Crippen LogP contribution in [0.4, 0.5) is 4.79 Å². The second-order valence-electron chi connectivity index (χ2n) is 8.26. The van der Waals surface area contributed by atoms with E-state index in [9.17, 15) is 14.7 Å². The van der Waals surface area contributed by atoms with Crippen LogP contribution in [0, 0.1) is 0 Å². The van der Waals surface area contributed by atoms with Crippen LogP contribution in [-0.2, 0) is 21.7 Å². The summed E-state index contributed by atoms with van der Waals surface area (Å²) < 4.78 is 5.31. The molecule has 1 atom stereocenters. The number of piperidine rings is 1. The summed E-state index contributed by atoms with van der Waals surface area (Å²) >= 11 is 5.96. The predicted molar refractivity (Wildman–Crippen MR) is 124 cm³/mol. The van der Waals surface area contributed by atoms with Gasteiger partial charge in [-0.2, -0.15) is 0 Å². The first-order chi connectivity index (χ1) is 15.4. The molecule has 7 heteroatoms. The first kappa shape index (κ1) is 24.1. The van der Waals surface area contributed by atoms with Crippen LogP contribution < -0.4 is 5.32 Å². The first-order valence-electron chi connectivity index (χ1n) is 11.2. The van der Waals surface area contributed by atoms with Crippen molar-refractivity contribution in [2.75, 3.05) is 13.1 Å². The Labute approximate surface area is 194 Å². The molecule has 0 spiro atoms. The minimum Gasteiger partial charge on any atom is -0.445 e. The SMILES string of the molecule is CCCCC(NC(=O)OCc1ccccc1)C(=O)N1CCC(O)(c2ccc(Cl)cc2)CC1. The van der Waals surface area contributed by atoms with Gasteiger partial charge in [0.15, 0.2) is 0 Å². The number of unbranched alkanes of at least 4 members (excludes halogenated alkanes) is 1. The molecule has 32 heavy (non-hydrogen) atoms. The van der Waals surface area contributed by atoms with E-state index in [-0.39, 0.29) is 12.5 Å². The third-order valence-electron chi connectivity index (χ3n) is 5.93. The molecule has 1 saturated heterocycles. The number of alkyl carbamates (subject to hydrolysis) is 1. The molecule has 2 N–H and O–H groups in total. The van der Waals surface area contributed by atoms with Gasteiger partial charge in [-0.15, -0.1) is 0 Å². The summed E-state index contributed by atoms with van der Waals surface area (Å²) in [7, 11) is 0. The monoisotopic (exact) mass is 458 g/mol. The number of ether oxygens (including phenoxy) is 1. The first-order valence-corrected chi connectivity index (χ1v) is 11.5. The maximum Gasteiger partial charge on any atom is 0.408 e. The highest BCUT2D eigenvalue weighted by atomic mass is 35.5. The third-order valence-corrected chi connectivity index (χ3v) is 6.19. The van der Waals surface area contributed by atoms with E-state index in [1.54, 1.807) is 17.0 Å². The molecule has 0 radical (unpaired) electrons. The number of carbonyl (C=O) groups excluding carboxylic acids is 2. The molecule has 0 saturated carbocycles. The maximum absolute atomic E-state index is 13.2. The molecular weight excluding hydrogens is 428 g/mol. The van der Waals surface area contributed by atoms with Crippen LogP contribution in [0.2, 0.25) is 5.02 Å². The smallest absolute Gasteiger partial charge is 0.408 e. The predicted octanol–water partition coefficient (Wildman–Crippen LogP) is 4.64. The number of hydrogen-bond acceptors (Lipinski definition) is 4. The van der Waals surface area contributed by atoms with Gasteiger partial charge in [0.1, 0.15) is 12.6 Å². The van der Waals surface area contributed by atoms with Gasteiger partial charge in [-0.05, 0) is 42.5 Å². The number of halogens is 1. The lowest BCUT2D eigenvalue weighted by Gasteiger charge is -2.39. The van der Waals surface area contributed by atoms with Gasteiger partial charge in [0.05, 0.1) is 5.60 Å². The highest BCUT2D eigenvalue weighted by molar-refractivity contribution is 6.30. The van der Waals surface area contributed by atoms with E-state index < -0.39 is 17.7 Å². The van der Waals surface area contributed by atoms with Crippen LogP contribution in [0.1, 0.15) is 50.2 Å². The Kier molecular flexibility index (Phi) is 8.53. The maximum atomic E-state index is 13.2. The largest absolute Gasteiger partial charge is 0.445 e. The van der Waals surface area contributed by atoms with Gasteiger partial charge in [-0.3, -0.25) is 4.79 Å². The number of likely N-dealkylation sites (tertiary alicyclic amines) is 1. The summed E-state index contributed by atoms with van der Waals surface area (Å²) in [6.45, 7) is 3.03. The molecule has 2 aromatic rings. The fourth-order valence-electron chi connectivity index (χ4n) is 3.94. The summed E-state index contributed by atoms with van der Waals surface area (Å²) in [6.07, 6.45) is 2.54. The normalized spacial score (nSPS) is 16.3. The van der Waals surface area contributed by atoms with Gasteiger partial charge in [-0.1, -0.05) is 73.8 Å². The molecule has 0 aromatic heterocycles. The lowest BCUT2D eigenvalue weighted by molar-refractivity contribution is -0.138. The Bertz CT molecular complexity index is 881. The molecule has 1 unspecified atom stereocenters. The molecule has 2 aromatic carbocycles. The van der Waals surface area contributed by atoms with E-state index in [4.69, 9.17) is 16.3 Å². The molecule has 1 aliphatic heterocycles. The minimum atomic E-state index is -0.984. The molecule has 1 fully saturated rings. The number of aliphatic hydroxyl groups is 1. The van der Waals surface area contributed by atoms with Crippen molar-refractivity contribution < 1.29 is 19.4 Å². The van der Waals surface area contributed by atoms with Gasteiger partial charge >= 0.3 is 6.09 Å². The number of nitrogens with one attached hydrogen (secondary N) is 1. The molecule has 172 valence electrons. The number of hydrogen-bond donors (Lipinski definition) is 2. The molecule has 0 aliphatic carbocycles. The van der Waals surface area contributed by atoms with E-state index in [0.717, 1.165) is 24.0 Å². The Balaban J connectivity index is 1.57. The Hall–Kier alpha value is -2.57. The number of nitrogens with zero attached hydrogens (tertiary/aromatic N) is 1. The van der Waals surface area contributed by atoms with E-state index >= 15 is 0 Å². The van der Waals surface area contributed by atoms with Crippen molar-refractivity contribution in [1.82, 2.24) is 10.2 Å². The van der Waals surface area contributed by atoms with Crippen LogP contribution in [0.15, 0.2) is 54.6 Å². The van der Waals surface area contributed by atoms with Gasteiger partial charge in [0.25, 0.3) is 0 Å². The quantitative estimate of drug-likeness (QED) is 0.604. The molecule has 1 heterocycles. The van der Waals surface area contributed by atoms with Gasteiger partial charge in [-0.25, -0.2) is 4.79 Å². The standard InChI is InChI=1S/C25H31ClN2O4/c1-2-3-9-22(27-24(30)32-18-19-7-5-4-6-8-19)23(29)28-16-14-25(31,15-17-28)20-10-12-21(26)13-11-20/h4-8,10-13,22,31H,2-3,9,14-18H2,1H3,(H,27,30). The van der Waals surface area contributed by atoms with Crippen molar-refractivity contribution in [3.05, 3.63) is 70.7 Å². The lowest BCUT2D eigenvalue weighted by atomic mass is 9.84. The van der Waals surface area contributed by atoms with Crippen molar-refractivity contribution in [2.45, 2.75) is 57.3 Å². The molecule has 2 amide bonds. The minimum absolute atomic E-state index is 0.131. The zero-order valence-corrected chi connectivity index (χ0v) is 19.2. The zero-order valence-electron chi connectivity index (χ0n) is 18.4. The van der Waals surface area contributed by atoms with E-state index in [1.807, 2.05) is 49.4 Å². The number of benzene rings is 2. The Morgan fingerprint density at radius 1 is 1.12 bits per heavy atom. The second kappa shape index (κ2) is 11.3. The number of carbonyl (C=O) groups is 2. The van der Waals surface area contributed by atoms with Gasteiger partial charge < -0.3 is 20.1 Å². The average Bonchev–Trinajstić information content (AvgIpc) is 2.81. The summed E-state index contributed by atoms with van der Waals surface area (Å²) in [5.74, 6) is -0.131. The molecular formula is C25H31ClN2O4. The lowest BCUT2D eigenvalue weighted by Crippen LogP contribution is -2.53. The topological polar surface area (TPSA) is 78.9 Å². The molecule has 0 bridgehead atoms. The second-order valence-corrected chi connectivity index (χ2v) is 8.70. The fourth-order valence-corrected chi connectivity index (χ4v) is 4.06. The van der Waals surface area contributed by atoms with Gasteiger partial charge in [0.2, 0.25) is 5.91 Å². The molecule has 6 nitrogen and oxygen atoms in total. The van der Waals surface area contributed by atoms with Crippen molar-refractivity contribution in [1.29, 1.82) is 0 Å².